The monoisotopic (exact) mass is 359 g/mol. The lowest BCUT2D eigenvalue weighted by Gasteiger charge is -2.25. The van der Waals surface area contributed by atoms with Crippen LogP contribution in [0.2, 0.25) is 0 Å². The van der Waals surface area contributed by atoms with Gasteiger partial charge < -0.3 is 9.82 Å². The molecular formula is C16H17F3NO3P. The number of benzene rings is 2. The highest BCUT2D eigenvalue weighted by Crippen LogP contribution is 2.51. The van der Waals surface area contributed by atoms with Crippen molar-refractivity contribution in [2.24, 2.45) is 0 Å². The van der Waals surface area contributed by atoms with Crippen molar-refractivity contribution in [3.63, 3.8) is 0 Å². The Bertz CT molecular complexity index is 705. The molecule has 2 aromatic carbocycles. The SMILES string of the molecule is COc1ccc(N[P@](C)(=O)O[C@@H](c2ccccc2)C(F)(F)F)cc1. The molecule has 0 unspecified atom stereocenters. The molecule has 0 fully saturated rings. The van der Waals surface area contributed by atoms with Gasteiger partial charge in [0.1, 0.15) is 5.75 Å². The zero-order valence-electron chi connectivity index (χ0n) is 13.1. The van der Waals surface area contributed by atoms with Crippen LogP contribution >= 0.6 is 7.52 Å². The second-order valence-corrected chi connectivity index (χ2v) is 7.25. The predicted molar refractivity (Wildman–Crippen MR) is 86.5 cm³/mol. The van der Waals surface area contributed by atoms with Gasteiger partial charge in [-0.3, -0.25) is 9.09 Å². The van der Waals surface area contributed by atoms with Crippen LogP contribution in [0.1, 0.15) is 11.7 Å². The zero-order chi connectivity index (χ0) is 17.8. The molecule has 0 aliphatic heterocycles. The molecule has 1 N–H and O–H groups in total. The van der Waals surface area contributed by atoms with Crippen LogP contribution in [0.25, 0.3) is 0 Å². The molecule has 0 heterocycles. The summed E-state index contributed by atoms with van der Waals surface area (Å²) in [5, 5.41) is 2.52. The molecule has 0 aliphatic rings. The highest BCUT2D eigenvalue weighted by atomic mass is 31.2. The predicted octanol–water partition coefficient (Wildman–Crippen LogP) is 5.25. The Morgan fingerprint density at radius 3 is 2.12 bits per heavy atom. The van der Waals surface area contributed by atoms with E-state index in [1.54, 1.807) is 30.3 Å². The molecule has 0 spiro atoms. The summed E-state index contributed by atoms with van der Waals surface area (Å²) >= 11 is 0. The summed E-state index contributed by atoms with van der Waals surface area (Å²) in [6, 6.07) is 13.4. The van der Waals surface area contributed by atoms with Gasteiger partial charge in [-0.1, -0.05) is 30.3 Å². The van der Waals surface area contributed by atoms with Gasteiger partial charge in [0, 0.05) is 12.4 Å². The lowest BCUT2D eigenvalue weighted by atomic mass is 10.1. The molecule has 0 aliphatic carbocycles. The molecule has 0 saturated carbocycles. The van der Waals surface area contributed by atoms with Crippen LogP contribution < -0.4 is 9.82 Å². The van der Waals surface area contributed by atoms with Gasteiger partial charge in [-0.05, 0) is 29.8 Å². The molecule has 0 radical (unpaired) electrons. The Hall–Kier alpha value is -1.98. The molecule has 130 valence electrons. The van der Waals surface area contributed by atoms with E-state index in [0.29, 0.717) is 11.4 Å². The van der Waals surface area contributed by atoms with Crippen molar-refractivity contribution < 1.29 is 27.0 Å². The minimum atomic E-state index is -4.69. The summed E-state index contributed by atoms with van der Waals surface area (Å²) in [5.41, 5.74) is 0.263. The smallest absolute Gasteiger partial charge is 0.419 e. The topological polar surface area (TPSA) is 47.6 Å². The fourth-order valence-corrected chi connectivity index (χ4v) is 3.38. The highest BCUT2D eigenvalue weighted by Gasteiger charge is 2.45. The quantitative estimate of drug-likeness (QED) is 0.716. The second-order valence-electron chi connectivity index (χ2n) is 5.12. The number of methoxy groups -OCH3 is 1. The van der Waals surface area contributed by atoms with Crippen molar-refractivity contribution in [1.82, 2.24) is 0 Å². The van der Waals surface area contributed by atoms with E-state index in [1.807, 2.05) is 0 Å². The van der Waals surface area contributed by atoms with Gasteiger partial charge >= 0.3 is 6.18 Å². The van der Waals surface area contributed by atoms with E-state index in [-0.39, 0.29) is 5.56 Å². The summed E-state index contributed by atoms with van der Waals surface area (Å²) in [7, 11) is -2.28. The molecule has 24 heavy (non-hydrogen) atoms. The van der Waals surface area contributed by atoms with Crippen LogP contribution in [0.3, 0.4) is 0 Å². The maximum atomic E-state index is 13.3. The van der Waals surface area contributed by atoms with Gasteiger partial charge in [0.2, 0.25) is 0 Å². The average Bonchev–Trinajstić information content (AvgIpc) is 2.53. The number of alkyl halides is 3. The van der Waals surface area contributed by atoms with Crippen molar-refractivity contribution in [2.75, 3.05) is 18.9 Å². The van der Waals surface area contributed by atoms with Gasteiger partial charge in [0.15, 0.2) is 6.10 Å². The van der Waals surface area contributed by atoms with E-state index in [0.717, 1.165) is 6.66 Å². The molecule has 2 aromatic rings. The molecule has 2 atom stereocenters. The standard InChI is InChI=1S/C16H17F3NO3P/c1-22-14-10-8-13(9-11-14)20-24(2,21)23-15(16(17,18)19)12-6-4-3-5-7-12/h3-11,15H,1-2H3,(H,20,21)/t15-,24+/m0/s1. The fourth-order valence-electron chi connectivity index (χ4n) is 2.06. The van der Waals surface area contributed by atoms with E-state index in [9.17, 15) is 17.7 Å². The van der Waals surface area contributed by atoms with Crippen LogP contribution in [-0.2, 0) is 9.09 Å². The van der Waals surface area contributed by atoms with Gasteiger partial charge in [0.25, 0.3) is 7.52 Å². The van der Waals surface area contributed by atoms with Crippen LogP contribution in [-0.4, -0.2) is 20.0 Å². The summed E-state index contributed by atoms with van der Waals surface area (Å²) < 4.78 is 62.3. The second kappa shape index (κ2) is 7.28. The third-order valence-corrected chi connectivity index (χ3v) is 4.41. The number of anilines is 1. The average molecular weight is 359 g/mol. The van der Waals surface area contributed by atoms with Gasteiger partial charge in [0.05, 0.1) is 7.11 Å². The number of hydrogen-bond acceptors (Lipinski definition) is 3. The molecule has 0 saturated heterocycles. The number of ether oxygens (including phenoxy) is 1. The van der Waals surface area contributed by atoms with Crippen molar-refractivity contribution in [3.05, 3.63) is 60.2 Å². The molecule has 4 nitrogen and oxygen atoms in total. The van der Waals surface area contributed by atoms with Crippen LogP contribution in [0.5, 0.6) is 5.75 Å². The Balaban J connectivity index is 2.19. The van der Waals surface area contributed by atoms with Crippen molar-refractivity contribution in [3.8, 4) is 5.75 Å². The Morgan fingerprint density at radius 2 is 1.62 bits per heavy atom. The van der Waals surface area contributed by atoms with Crippen molar-refractivity contribution in [2.45, 2.75) is 12.3 Å². The molecule has 8 heteroatoms. The minimum Gasteiger partial charge on any atom is -0.497 e. The number of nitrogens with one attached hydrogen (secondary N) is 1. The van der Waals surface area contributed by atoms with E-state index in [1.165, 1.54) is 31.4 Å². The Labute approximate surface area is 138 Å². The van der Waals surface area contributed by atoms with Gasteiger partial charge in [-0.2, -0.15) is 13.2 Å². The highest BCUT2D eigenvalue weighted by molar-refractivity contribution is 7.59. The molecule has 2 rings (SSSR count). The molecule has 0 bridgehead atoms. The third-order valence-electron chi connectivity index (χ3n) is 3.13. The molecule has 0 amide bonds. The summed E-state index contributed by atoms with van der Waals surface area (Å²) in [5.74, 6) is 0.574. The number of rotatable bonds is 6. The van der Waals surface area contributed by atoms with E-state index in [4.69, 9.17) is 9.26 Å². The maximum absolute atomic E-state index is 13.3. The lowest BCUT2D eigenvalue weighted by Crippen LogP contribution is -2.23. The van der Waals surface area contributed by atoms with E-state index >= 15 is 0 Å². The minimum absolute atomic E-state index is 0.108. The van der Waals surface area contributed by atoms with Crippen LogP contribution in [0.15, 0.2) is 54.6 Å². The summed E-state index contributed by atoms with van der Waals surface area (Å²) in [4.78, 5) is 0. The Morgan fingerprint density at radius 1 is 1.04 bits per heavy atom. The third kappa shape index (κ3) is 5.01. The van der Waals surface area contributed by atoms with Gasteiger partial charge in [-0.15, -0.1) is 0 Å². The zero-order valence-corrected chi connectivity index (χ0v) is 14.0. The van der Waals surface area contributed by atoms with E-state index in [2.05, 4.69) is 5.09 Å². The summed E-state index contributed by atoms with van der Waals surface area (Å²) in [6.07, 6.45) is -6.96. The van der Waals surface area contributed by atoms with E-state index < -0.39 is 19.8 Å². The van der Waals surface area contributed by atoms with Crippen molar-refractivity contribution in [1.29, 1.82) is 0 Å². The van der Waals surface area contributed by atoms with Crippen molar-refractivity contribution >= 4 is 13.2 Å². The summed E-state index contributed by atoms with van der Waals surface area (Å²) in [6.45, 7) is 1.11. The van der Waals surface area contributed by atoms with Crippen LogP contribution in [0, 0.1) is 0 Å². The first-order chi connectivity index (χ1) is 11.2. The largest absolute Gasteiger partial charge is 0.497 e. The van der Waals surface area contributed by atoms with Gasteiger partial charge in [-0.25, -0.2) is 0 Å². The first kappa shape index (κ1) is 18.4. The number of hydrogen-bond donors (Lipinski definition) is 1. The first-order valence-electron chi connectivity index (χ1n) is 7.01. The molecular weight excluding hydrogens is 342 g/mol. The normalized spacial score (nSPS) is 15.4. The fraction of sp³-hybridized carbons (Fsp3) is 0.250. The first-order valence-corrected chi connectivity index (χ1v) is 9.08. The maximum Gasteiger partial charge on any atom is 0.419 e. The lowest BCUT2D eigenvalue weighted by molar-refractivity contribution is -0.197. The van der Waals surface area contributed by atoms with Crippen LogP contribution in [0.4, 0.5) is 18.9 Å². The number of halogens is 3. The Kier molecular flexibility index (Phi) is 5.57. The molecule has 0 aromatic heterocycles.